The molecule has 10 aromatic rings. The fourth-order valence-corrected chi connectivity index (χ4v) is 10.2. The third kappa shape index (κ3) is 4.58. The molecule has 2 N–H and O–H groups in total. The largest absolute Gasteiger partial charge is 0.455 e. The van der Waals surface area contributed by atoms with E-state index in [0.717, 1.165) is 44.5 Å². The van der Waals surface area contributed by atoms with Crippen molar-refractivity contribution in [3.63, 3.8) is 0 Å². The second-order valence-electron chi connectivity index (χ2n) is 13.1. The van der Waals surface area contributed by atoms with Crippen molar-refractivity contribution in [3.05, 3.63) is 168 Å². The maximum absolute atomic E-state index is 6.83. The third-order valence-corrected chi connectivity index (χ3v) is 12.5. The van der Waals surface area contributed by atoms with E-state index in [1.54, 1.807) is 0 Å². The molecule has 7 aromatic carbocycles. The summed E-state index contributed by atoms with van der Waals surface area (Å²) in [4.78, 5) is 5.27. The molecule has 51 heavy (non-hydrogen) atoms. The van der Waals surface area contributed by atoms with Gasteiger partial charge in [0.05, 0.1) is 0 Å². The molecule has 1 aliphatic heterocycles. The van der Waals surface area contributed by atoms with Gasteiger partial charge < -0.3 is 9.73 Å². The van der Waals surface area contributed by atoms with Crippen LogP contribution in [0.2, 0.25) is 0 Å². The molecule has 0 aliphatic carbocycles. The Bertz CT molecular complexity index is 3010. The number of nitrogens with zero attached hydrogens (tertiary/aromatic N) is 1. The number of benzene rings is 7. The molecule has 3 aromatic heterocycles. The number of nitrogens with one attached hydrogen (secondary N) is 2. The monoisotopic (exact) mass is 691 g/mol. The Balaban J connectivity index is 1.05. The smallest absolute Gasteiger partial charge is 0.143 e. The summed E-state index contributed by atoms with van der Waals surface area (Å²) in [6.45, 7) is 0. The first kappa shape index (κ1) is 29.0. The number of furan rings is 1. The van der Waals surface area contributed by atoms with E-state index in [1.807, 2.05) is 28.7 Å². The van der Waals surface area contributed by atoms with Crippen LogP contribution in [0.4, 0.5) is 0 Å². The van der Waals surface area contributed by atoms with Gasteiger partial charge in [-0.25, -0.2) is 4.99 Å². The first-order valence-electron chi connectivity index (χ1n) is 17.2. The summed E-state index contributed by atoms with van der Waals surface area (Å²) < 4.78 is 12.0. The fourth-order valence-electron chi connectivity index (χ4n) is 7.83. The van der Waals surface area contributed by atoms with Crippen LogP contribution in [0.3, 0.4) is 0 Å². The highest BCUT2D eigenvalue weighted by Gasteiger charge is 2.28. The van der Waals surface area contributed by atoms with Crippen LogP contribution in [0.15, 0.2) is 161 Å². The number of thiophene rings is 2. The van der Waals surface area contributed by atoms with Gasteiger partial charge in [-0.15, -0.1) is 22.7 Å². The fraction of sp³-hybridized carbons (Fsp3) is 0.0444. The average Bonchev–Trinajstić information content (AvgIpc) is 3.89. The summed E-state index contributed by atoms with van der Waals surface area (Å²) in [6.07, 6.45) is -0.458. The molecule has 0 saturated heterocycles. The lowest BCUT2D eigenvalue weighted by atomic mass is 9.99. The highest BCUT2D eigenvalue weighted by Crippen LogP contribution is 2.44. The molecule has 4 heterocycles. The van der Waals surface area contributed by atoms with E-state index in [1.165, 1.54) is 51.5 Å². The van der Waals surface area contributed by atoms with Crippen molar-refractivity contribution in [2.24, 2.45) is 4.99 Å². The number of amidine groups is 1. The van der Waals surface area contributed by atoms with E-state index in [2.05, 4.69) is 156 Å². The van der Waals surface area contributed by atoms with Crippen LogP contribution >= 0.6 is 22.7 Å². The molecule has 0 saturated carbocycles. The number of para-hydroxylation sites is 1. The van der Waals surface area contributed by atoms with E-state index in [0.29, 0.717) is 0 Å². The first-order valence-corrected chi connectivity index (χ1v) is 18.8. The molecule has 0 spiro atoms. The second kappa shape index (κ2) is 11.4. The second-order valence-corrected chi connectivity index (χ2v) is 15.3. The first-order chi connectivity index (χ1) is 25.3. The maximum Gasteiger partial charge on any atom is 0.143 e. The third-order valence-electron chi connectivity index (χ3n) is 10.2. The predicted octanol–water partition coefficient (Wildman–Crippen LogP) is 12.3. The van der Waals surface area contributed by atoms with E-state index < -0.39 is 0 Å². The van der Waals surface area contributed by atoms with Crippen LogP contribution in [0, 0.1) is 0 Å². The van der Waals surface area contributed by atoms with Crippen LogP contribution in [0.1, 0.15) is 29.0 Å². The molecule has 4 nitrogen and oxygen atoms in total. The van der Waals surface area contributed by atoms with Gasteiger partial charge >= 0.3 is 0 Å². The van der Waals surface area contributed by atoms with Gasteiger partial charge in [0.25, 0.3) is 0 Å². The Morgan fingerprint density at radius 1 is 0.549 bits per heavy atom. The number of hydrogen-bond acceptors (Lipinski definition) is 6. The average molecular weight is 692 g/mol. The topological polar surface area (TPSA) is 49.6 Å². The number of hydrogen-bond donors (Lipinski definition) is 2. The molecule has 0 amide bonds. The van der Waals surface area contributed by atoms with Gasteiger partial charge in [-0.1, -0.05) is 127 Å². The molecule has 0 fully saturated rings. The highest BCUT2D eigenvalue weighted by atomic mass is 32.1. The Labute approximate surface area is 301 Å². The molecular formula is C45H29N3OS2. The zero-order chi connectivity index (χ0) is 33.5. The molecule has 2 unspecified atom stereocenters. The molecule has 0 bridgehead atoms. The number of rotatable bonds is 4. The molecule has 11 rings (SSSR count). The predicted molar refractivity (Wildman–Crippen MR) is 216 cm³/mol. The van der Waals surface area contributed by atoms with Gasteiger partial charge in [-0.3, -0.25) is 5.32 Å². The molecule has 2 atom stereocenters. The molecular weight excluding hydrogens is 663 g/mol. The minimum atomic E-state index is -0.295. The summed E-state index contributed by atoms with van der Waals surface area (Å²) in [5, 5.41) is 15.0. The van der Waals surface area contributed by atoms with Gasteiger partial charge in [0.1, 0.15) is 29.3 Å². The summed E-state index contributed by atoms with van der Waals surface area (Å²) in [6, 6.07) is 54.1. The van der Waals surface area contributed by atoms with Crippen LogP contribution in [0.5, 0.6) is 0 Å². The standard InChI is InChI=1S/C45H29N3OS2/c1-2-11-26(12-3-1)43-46-44(48-45(47-43)35-19-10-22-39-40(35)34-14-5-7-21-38(34)50-39)27-23-24-28-30-15-8-16-31(41(30)49-36(28)25-27)33-18-9-17-32-29-13-4-6-20-37(29)51-42(32)33/h1-25,44-45,48H,(H,46,47). The van der Waals surface area contributed by atoms with Gasteiger partial charge in [-0.05, 0) is 35.4 Å². The van der Waals surface area contributed by atoms with Gasteiger partial charge in [-0.2, -0.15) is 0 Å². The van der Waals surface area contributed by atoms with Crippen LogP contribution in [-0.4, -0.2) is 5.84 Å². The van der Waals surface area contributed by atoms with E-state index >= 15 is 0 Å². The summed E-state index contributed by atoms with van der Waals surface area (Å²) >= 11 is 3.69. The summed E-state index contributed by atoms with van der Waals surface area (Å²) in [7, 11) is 0. The van der Waals surface area contributed by atoms with E-state index in [4.69, 9.17) is 9.41 Å². The number of aliphatic imine (C=N–C) groups is 1. The Hall–Kier alpha value is -5.79. The quantitative estimate of drug-likeness (QED) is 0.193. The molecule has 0 radical (unpaired) electrons. The Morgan fingerprint density at radius 2 is 1.25 bits per heavy atom. The van der Waals surface area contributed by atoms with Crippen molar-refractivity contribution in [2.45, 2.75) is 12.3 Å². The van der Waals surface area contributed by atoms with Crippen molar-refractivity contribution in [1.82, 2.24) is 10.6 Å². The van der Waals surface area contributed by atoms with Gasteiger partial charge in [0, 0.05) is 67.8 Å². The minimum Gasteiger partial charge on any atom is -0.455 e. The minimum absolute atomic E-state index is 0.163. The Morgan fingerprint density at radius 3 is 2.14 bits per heavy atom. The normalized spacial score (nSPS) is 16.4. The van der Waals surface area contributed by atoms with Crippen molar-refractivity contribution >= 4 is 90.8 Å². The Kier molecular flexibility index (Phi) is 6.46. The zero-order valence-electron chi connectivity index (χ0n) is 27.3. The zero-order valence-corrected chi connectivity index (χ0v) is 28.9. The lowest BCUT2D eigenvalue weighted by molar-refractivity contribution is 0.411. The molecule has 1 aliphatic rings. The summed E-state index contributed by atoms with van der Waals surface area (Å²) in [5.74, 6) is 0.865. The van der Waals surface area contributed by atoms with Gasteiger partial charge in [0.2, 0.25) is 0 Å². The van der Waals surface area contributed by atoms with Crippen LogP contribution < -0.4 is 10.6 Å². The van der Waals surface area contributed by atoms with Crippen molar-refractivity contribution < 1.29 is 4.42 Å². The highest BCUT2D eigenvalue weighted by molar-refractivity contribution is 7.26. The lowest BCUT2D eigenvalue weighted by Gasteiger charge is -2.32. The van der Waals surface area contributed by atoms with Gasteiger partial charge in [0.15, 0.2) is 0 Å². The summed E-state index contributed by atoms with van der Waals surface area (Å²) in [5.41, 5.74) is 7.41. The van der Waals surface area contributed by atoms with Crippen molar-refractivity contribution in [1.29, 1.82) is 0 Å². The van der Waals surface area contributed by atoms with Crippen LogP contribution in [-0.2, 0) is 0 Å². The number of fused-ring (bicyclic) bond motifs is 9. The van der Waals surface area contributed by atoms with Crippen molar-refractivity contribution in [2.75, 3.05) is 0 Å². The van der Waals surface area contributed by atoms with Crippen molar-refractivity contribution in [3.8, 4) is 11.1 Å². The van der Waals surface area contributed by atoms with E-state index in [9.17, 15) is 0 Å². The SMILES string of the molecule is c1ccc(C2=NC(c3ccc4c(c3)oc3c(-c5cccc6c5sc5ccccc56)cccc34)NC(c3cccc4sc5ccccc5c34)N2)cc1. The molecule has 242 valence electrons. The van der Waals surface area contributed by atoms with E-state index in [-0.39, 0.29) is 12.3 Å². The lowest BCUT2D eigenvalue weighted by Crippen LogP contribution is -2.45. The maximum atomic E-state index is 6.83. The van der Waals surface area contributed by atoms with Crippen LogP contribution in [0.25, 0.3) is 73.4 Å². The molecule has 6 heteroatoms.